The lowest BCUT2D eigenvalue weighted by molar-refractivity contribution is 0.267. The number of hydrogen-bond donors (Lipinski definition) is 0. The van der Waals surface area contributed by atoms with Crippen molar-refractivity contribution in [2.75, 3.05) is 13.2 Å². The van der Waals surface area contributed by atoms with Crippen LogP contribution in [0.2, 0.25) is 0 Å². The van der Waals surface area contributed by atoms with Crippen molar-refractivity contribution in [2.45, 2.75) is 53.6 Å². The normalized spacial score (nSPS) is 11.4. The molecule has 1 aromatic heterocycles. The van der Waals surface area contributed by atoms with E-state index >= 15 is 0 Å². The van der Waals surface area contributed by atoms with Gasteiger partial charge in [-0.1, -0.05) is 60.1 Å². The van der Waals surface area contributed by atoms with Crippen LogP contribution < -0.4 is 19.8 Å². The first-order valence-corrected chi connectivity index (χ1v) is 16.6. The maximum Gasteiger partial charge on any atom is 0.282 e. The van der Waals surface area contributed by atoms with Crippen molar-refractivity contribution < 1.29 is 14.2 Å². The highest BCUT2D eigenvalue weighted by Gasteiger charge is 2.19. The van der Waals surface area contributed by atoms with Gasteiger partial charge in [0.25, 0.3) is 5.56 Å². The number of aromatic nitrogens is 2. The predicted octanol–water partition coefficient (Wildman–Crippen LogP) is 9.24. The summed E-state index contributed by atoms with van der Waals surface area (Å²) in [6.45, 7) is 15.5. The summed E-state index contributed by atoms with van der Waals surface area (Å²) in [6.07, 6.45) is 4.06. The van der Waals surface area contributed by atoms with Crippen LogP contribution in [0.5, 0.6) is 17.2 Å². The van der Waals surface area contributed by atoms with Crippen molar-refractivity contribution in [2.24, 2.45) is 5.10 Å². The Morgan fingerprint density at radius 3 is 2.38 bits per heavy atom. The van der Waals surface area contributed by atoms with Crippen LogP contribution in [0.4, 0.5) is 0 Å². The Kier molecular flexibility index (Phi) is 10.9. The number of para-hydroxylation sites is 1. The number of ether oxygens (including phenoxy) is 3. The van der Waals surface area contributed by atoms with Gasteiger partial charge in [0.2, 0.25) is 0 Å². The molecule has 0 amide bonds. The Bertz CT molecular complexity index is 1980. The number of aryl methyl sites for hydroxylation is 1. The number of rotatable bonds is 13. The zero-order valence-electron chi connectivity index (χ0n) is 27.5. The third-order valence-corrected chi connectivity index (χ3v) is 8.24. The van der Waals surface area contributed by atoms with Gasteiger partial charge in [-0.3, -0.25) is 4.79 Å². The molecule has 0 saturated heterocycles. The highest BCUT2D eigenvalue weighted by molar-refractivity contribution is 9.10. The molecule has 8 heteroatoms. The third kappa shape index (κ3) is 7.66. The van der Waals surface area contributed by atoms with E-state index in [1.807, 2.05) is 87.5 Å². The molecule has 0 aliphatic rings. The van der Waals surface area contributed by atoms with Crippen molar-refractivity contribution in [3.8, 4) is 28.6 Å². The molecule has 0 aliphatic heterocycles. The first kappa shape index (κ1) is 33.7. The molecule has 0 atom stereocenters. The predicted molar refractivity (Wildman–Crippen MR) is 194 cm³/mol. The molecular weight excluding hydrogens is 654 g/mol. The molecule has 5 aromatic rings. The molecule has 4 aromatic carbocycles. The van der Waals surface area contributed by atoms with Crippen LogP contribution in [-0.2, 0) is 13.0 Å². The van der Waals surface area contributed by atoms with Gasteiger partial charge in [-0.05, 0) is 104 Å². The molecular formula is C39H40BrN3O4. The maximum absolute atomic E-state index is 14.0. The Morgan fingerprint density at radius 1 is 0.957 bits per heavy atom. The van der Waals surface area contributed by atoms with Gasteiger partial charge < -0.3 is 14.2 Å². The molecule has 47 heavy (non-hydrogen) atoms. The Morgan fingerprint density at radius 2 is 1.68 bits per heavy atom. The SMILES string of the molecule is C=CCc1cc(C=Nn2c(-c3cc(C(C)C)c(OCC)cc3C)nc3ccccc3c2=O)cc(OCC)c1OCc1ccc(Br)cc1. The molecule has 0 fully saturated rings. The quantitative estimate of drug-likeness (QED) is 0.0908. The highest BCUT2D eigenvalue weighted by atomic mass is 79.9. The summed E-state index contributed by atoms with van der Waals surface area (Å²) in [4.78, 5) is 19.0. The lowest BCUT2D eigenvalue weighted by Crippen LogP contribution is -2.21. The van der Waals surface area contributed by atoms with Gasteiger partial charge in [-0.2, -0.15) is 9.78 Å². The van der Waals surface area contributed by atoms with Crippen LogP contribution >= 0.6 is 15.9 Å². The van der Waals surface area contributed by atoms with Crippen LogP contribution in [0.15, 0.2) is 99.8 Å². The maximum atomic E-state index is 14.0. The smallest absolute Gasteiger partial charge is 0.282 e. The molecule has 0 aliphatic carbocycles. The number of halogens is 1. The van der Waals surface area contributed by atoms with E-state index in [1.54, 1.807) is 12.3 Å². The van der Waals surface area contributed by atoms with Crippen LogP contribution in [-0.4, -0.2) is 29.1 Å². The Balaban J connectivity index is 1.63. The van der Waals surface area contributed by atoms with E-state index in [1.165, 1.54) is 4.68 Å². The van der Waals surface area contributed by atoms with E-state index < -0.39 is 0 Å². The first-order chi connectivity index (χ1) is 22.7. The summed E-state index contributed by atoms with van der Waals surface area (Å²) in [7, 11) is 0. The average molecular weight is 695 g/mol. The minimum absolute atomic E-state index is 0.199. The van der Waals surface area contributed by atoms with E-state index in [2.05, 4.69) is 42.4 Å². The molecule has 1 heterocycles. The highest BCUT2D eigenvalue weighted by Crippen LogP contribution is 2.36. The number of nitrogens with zero attached hydrogens (tertiary/aromatic N) is 3. The topological polar surface area (TPSA) is 74.9 Å². The van der Waals surface area contributed by atoms with Gasteiger partial charge in [0.05, 0.1) is 30.3 Å². The number of benzene rings is 4. The van der Waals surface area contributed by atoms with Gasteiger partial charge in [0.1, 0.15) is 12.4 Å². The van der Waals surface area contributed by atoms with E-state index in [0.29, 0.717) is 54.5 Å². The van der Waals surface area contributed by atoms with E-state index in [0.717, 1.165) is 43.6 Å². The Labute approximate surface area is 284 Å². The minimum atomic E-state index is -0.257. The first-order valence-electron chi connectivity index (χ1n) is 15.9. The van der Waals surface area contributed by atoms with E-state index in [-0.39, 0.29) is 11.5 Å². The summed E-state index contributed by atoms with van der Waals surface area (Å²) in [5.74, 6) is 2.74. The fourth-order valence-electron chi connectivity index (χ4n) is 5.43. The van der Waals surface area contributed by atoms with Crippen molar-refractivity contribution in [3.63, 3.8) is 0 Å². The van der Waals surface area contributed by atoms with Gasteiger partial charge in [-0.15, -0.1) is 6.58 Å². The summed E-state index contributed by atoms with van der Waals surface area (Å²) >= 11 is 3.49. The second kappa shape index (κ2) is 15.3. The summed E-state index contributed by atoms with van der Waals surface area (Å²) in [6, 6.07) is 23.3. The zero-order chi connectivity index (χ0) is 33.5. The molecule has 0 unspecified atom stereocenters. The molecule has 5 rings (SSSR count). The fraction of sp³-hybridized carbons (Fsp3) is 0.256. The van der Waals surface area contributed by atoms with Crippen LogP contribution in [0.3, 0.4) is 0 Å². The van der Waals surface area contributed by atoms with Gasteiger partial charge in [-0.25, -0.2) is 4.98 Å². The van der Waals surface area contributed by atoms with E-state index in [4.69, 9.17) is 24.3 Å². The second-order valence-corrected chi connectivity index (χ2v) is 12.4. The van der Waals surface area contributed by atoms with E-state index in [9.17, 15) is 4.79 Å². The number of allylic oxidation sites excluding steroid dienone is 1. The van der Waals surface area contributed by atoms with Crippen LogP contribution in [0.25, 0.3) is 22.3 Å². The van der Waals surface area contributed by atoms with Crippen molar-refractivity contribution in [1.29, 1.82) is 0 Å². The molecule has 0 radical (unpaired) electrons. The number of hydrogen-bond acceptors (Lipinski definition) is 6. The van der Waals surface area contributed by atoms with Crippen molar-refractivity contribution in [3.05, 3.63) is 128 Å². The van der Waals surface area contributed by atoms with Gasteiger partial charge >= 0.3 is 0 Å². The van der Waals surface area contributed by atoms with Gasteiger partial charge in [0.15, 0.2) is 17.3 Å². The molecule has 0 N–H and O–H groups in total. The fourth-order valence-corrected chi connectivity index (χ4v) is 5.69. The standard InChI is InChI=1S/C39H40BrN3O4/c1-7-12-29-20-28(21-36(46-9-3)37(29)47-24-27-15-17-30(40)18-16-27)23-41-43-38(42-34-14-11-10-13-31(34)39(43)44)33-22-32(25(4)5)35(45-8-2)19-26(33)6/h7,10-11,13-23,25H,1,8-9,12,24H2,2-6H3. The monoisotopic (exact) mass is 693 g/mol. The molecule has 7 nitrogen and oxygen atoms in total. The minimum Gasteiger partial charge on any atom is -0.494 e. The molecule has 0 saturated carbocycles. The zero-order valence-corrected chi connectivity index (χ0v) is 29.1. The van der Waals surface area contributed by atoms with Crippen LogP contribution in [0.1, 0.15) is 61.4 Å². The molecule has 0 spiro atoms. The van der Waals surface area contributed by atoms with Crippen molar-refractivity contribution in [1.82, 2.24) is 9.66 Å². The summed E-state index contributed by atoms with van der Waals surface area (Å²) in [5, 5.41) is 5.26. The molecule has 242 valence electrons. The average Bonchev–Trinajstić information content (AvgIpc) is 3.05. The third-order valence-electron chi connectivity index (χ3n) is 7.71. The summed E-state index contributed by atoms with van der Waals surface area (Å²) < 4.78 is 20.8. The lowest BCUT2D eigenvalue weighted by atomic mass is 9.96. The lowest BCUT2D eigenvalue weighted by Gasteiger charge is -2.18. The van der Waals surface area contributed by atoms with Gasteiger partial charge in [0, 0.05) is 15.6 Å². The molecule has 0 bridgehead atoms. The second-order valence-electron chi connectivity index (χ2n) is 11.5. The number of fused-ring (bicyclic) bond motifs is 1. The summed E-state index contributed by atoms with van der Waals surface area (Å²) in [5.41, 5.74) is 5.83. The van der Waals surface area contributed by atoms with Crippen molar-refractivity contribution >= 4 is 33.0 Å². The Hall–Kier alpha value is -4.69. The largest absolute Gasteiger partial charge is 0.494 e. The van der Waals surface area contributed by atoms with Crippen LogP contribution in [0, 0.1) is 6.92 Å².